The molecule has 1 heterocycles. The number of rotatable bonds is 3. The molecule has 1 aromatic rings. The van der Waals surface area contributed by atoms with Gasteiger partial charge in [0.15, 0.2) is 0 Å². The van der Waals surface area contributed by atoms with Gasteiger partial charge < -0.3 is 0 Å². The Morgan fingerprint density at radius 2 is 2.20 bits per heavy atom. The highest BCUT2D eigenvalue weighted by Gasteiger charge is 2.05. The smallest absolute Gasteiger partial charge is 0.242 e. The van der Waals surface area contributed by atoms with E-state index in [1.165, 1.54) is 0 Å². The van der Waals surface area contributed by atoms with Crippen molar-refractivity contribution in [2.24, 2.45) is 11.0 Å². The molecular formula is C10H14N4O. The van der Waals surface area contributed by atoms with E-state index in [1.807, 2.05) is 13.8 Å². The summed E-state index contributed by atoms with van der Waals surface area (Å²) >= 11 is 0. The van der Waals surface area contributed by atoms with Crippen LogP contribution in [-0.4, -0.2) is 21.6 Å². The number of carbonyl (C=O) groups excluding carboxylic acids is 1. The quantitative estimate of drug-likeness (QED) is 0.592. The topological polar surface area (TPSA) is 67.2 Å². The highest BCUT2D eigenvalue weighted by Crippen LogP contribution is 1.94. The van der Waals surface area contributed by atoms with Crippen molar-refractivity contribution in [2.45, 2.75) is 20.8 Å². The molecule has 0 aromatic carbocycles. The number of aromatic nitrogens is 2. The van der Waals surface area contributed by atoms with E-state index in [-0.39, 0.29) is 11.8 Å². The molecule has 5 nitrogen and oxygen atoms in total. The largest absolute Gasteiger partial charge is 0.273 e. The van der Waals surface area contributed by atoms with Gasteiger partial charge in [-0.1, -0.05) is 13.8 Å². The van der Waals surface area contributed by atoms with Crippen LogP contribution < -0.4 is 5.43 Å². The summed E-state index contributed by atoms with van der Waals surface area (Å²) in [6.45, 7) is 5.38. The lowest BCUT2D eigenvalue weighted by atomic mass is 10.2. The number of carbonyl (C=O) groups is 1. The number of hydrogen-bond acceptors (Lipinski definition) is 4. The van der Waals surface area contributed by atoms with Crippen LogP contribution in [0.2, 0.25) is 0 Å². The third kappa shape index (κ3) is 3.46. The van der Waals surface area contributed by atoms with Crippen molar-refractivity contribution in [1.82, 2.24) is 15.4 Å². The molecule has 0 aliphatic carbocycles. The van der Waals surface area contributed by atoms with E-state index >= 15 is 0 Å². The zero-order valence-corrected chi connectivity index (χ0v) is 9.06. The van der Waals surface area contributed by atoms with E-state index in [0.29, 0.717) is 11.4 Å². The van der Waals surface area contributed by atoms with Gasteiger partial charge in [0.05, 0.1) is 11.9 Å². The summed E-state index contributed by atoms with van der Waals surface area (Å²) in [5.41, 5.74) is 3.75. The second kappa shape index (κ2) is 5.19. The molecule has 80 valence electrons. The van der Waals surface area contributed by atoms with Gasteiger partial charge >= 0.3 is 0 Å². The van der Waals surface area contributed by atoms with E-state index < -0.39 is 0 Å². The lowest BCUT2D eigenvalue weighted by Crippen LogP contribution is -2.24. The fourth-order valence-corrected chi connectivity index (χ4v) is 0.811. The number of nitrogens with one attached hydrogen (secondary N) is 1. The minimum atomic E-state index is -0.113. The van der Waals surface area contributed by atoms with Gasteiger partial charge in [0.2, 0.25) is 5.91 Å². The predicted octanol–water partition coefficient (Wildman–Crippen LogP) is 0.973. The molecule has 0 aliphatic rings. The monoisotopic (exact) mass is 206 g/mol. The summed E-state index contributed by atoms with van der Waals surface area (Å²) in [5, 5.41) is 3.93. The van der Waals surface area contributed by atoms with Gasteiger partial charge in [0.25, 0.3) is 0 Å². The van der Waals surface area contributed by atoms with E-state index in [1.54, 1.807) is 25.5 Å². The molecule has 0 bridgehead atoms. The molecule has 1 amide bonds. The molecule has 1 aromatic heterocycles. The Bertz CT molecular complexity index is 359. The molecular weight excluding hydrogens is 192 g/mol. The van der Waals surface area contributed by atoms with Crippen LogP contribution in [0.1, 0.15) is 26.5 Å². The summed E-state index contributed by atoms with van der Waals surface area (Å²) < 4.78 is 0. The maximum atomic E-state index is 11.2. The Balaban J connectivity index is 2.65. The van der Waals surface area contributed by atoms with E-state index in [2.05, 4.69) is 20.5 Å². The Morgan fingerprint density at radius 3 is 2.73 bits per heavy atom. The maximum absolute atomic E-state index is 11.2. The van der Waals surface area contributed by atoms with E-state index in [9.17, 15) is 4.79 Å². The van der Waals surface area contributed by atoms with Gasteiger partial charge in [-0.3, -0.25) is 14.8 Å². The first-order chi connectivity index (χ1) is 7.11. The average Bonchev–Trinajstić information content (AvgIpc) is 2.26. The van der Waals surface area contributed by atoms with Crippen molar-refractivity contribution in [3.63, 3.8) is 0 Å². The molecule has 15 heavy (non-hydrogen) atoms. The third-order valence-corrected chi connectivity index (χ3v) is 1.79. The van der Waals surface area contributed by atoms with Crippen LogP contribution in [0, 0.1) is 5.92 Å². The van der Waals surface area contributed by atoms with Crippen LogP contribution >= 0.6 is 0 Å². The first-order valence-electron chi connectivity index (χ1n) is 4.71. The molecule has 0 saturated carbocycles. The van der Waals surface area contributed by atoms with Crippen LogP contribution in [0.25, 0.3) is 0 Å². The number of hydrogen-bond donors (Lipinski definition) is 1. The molecule has 5 heteroatoms. The molecule has 0 unspecified atom stereocenters. The van der Waals surface area contributed by atoms with Crippen LogP contribution in [0.3, 0.4) is 0 Å². The highest BCUT2D eigenvalue weighted by molar-refractivity contribution is 5.97. The molecule has 0 spiro atoms. The van der Waals surface area contributed by atoms with Crippen LogP contribution in [-0.2, 0) is 4.79 Å². The van der Waals surface area contributed by atoms with Gasteiger partial charge in [-0.15, -0.1) is 0 Å². The van der Waals surface area contributed by atoms with Gasteiger partial charge in [0.1, 0.15) is 5.69 Å². The fraction of sp³-hybridized carbons (Fsp3) is 0.400. The Labute approximate surface area is 88.6 Å². The maximum Gasteiger partial charge on any atom is 0.242 e. The zero-order chi connectivity index (χ0) is 11.3. The number of amides is 1. The molecule has 0 aliphatic heterocycles. The Morgan fingerprint density at radius 1 is 1.47 bits per heavy atom. The normalized spacial score (nSPS) is 11.6. The number of nitrogens with zero attached hydrogens (tertiary/aromatic N) is 3. The summed E-state index contributed by atoms with van der Waals surface area (Å²) in [5.74, 6) is -0.193. The predicted molar refractivity (Wildman–Crippen MR) is 57.2 cm³/mol. The summed E-state index contributed by atoms with van der Waals surface area (Å²) in [6, 6.07) is 0. The standard InChI is InChI=1S/C10H14N4O/c1-7(2)10(15)14-13-8(3)9-6-11-4-5-12-9/h4-7H,1-3H3,(H,14,15). The molecule has 0 atom stereocenters. The molecule has 0 radical (unpaired) electrons. The summed E-state index contributed by atoms with van der Waals surface area (Å²) in [7, 11) is 0. The van der Waals surface area contributed by atoms with Crippen molar-refractivity contribution in [2.75, 3.05) is 0 Å². The first-order valence-corrected chi connectivity index (χ1v) is 4.71. The Kier molecular flexibility index (Phi) is 3.91. The molecule has 1 rings (SSSR count). The fourth-order valence-electron chi connectivity index (χ4n) is 0.811. The molecule has 0 fully saturated rings. The number of hydrazone groups is 1. The highest BCUT2D eigenvalue weighted by atomic mass is 16.2. The first kappa shape index (κ1) is 11.3. The summed E-state index contributed by atoms with van der Waals surface area (Å²) in [6.07, 6.45) is 4.77. The zero-order valence-electron chi connectivity index (χ0n) is 9.06. The van der Waals surface area contributed by atoms with E-state index in [4.69, 9.17) is 0 Å². The SMILES string of the molecule is CC(=NNC(=O)C(C)C)c1cnccn1. The minimum absolute atomic E-state index is 0.0802. The van der Waals surface area contributed by atoms with Crippen molar-refractivity contribution < 1.29 is 4.79 Å². The van der Waals surface area contributed by atoms with E-state index in [0.717, 1.165) is 0 Å². The van der Waals surface area contributed by atoms with Crippen LogP contribution in [0.4, 0.5) is 0 Å². The second-order valence-corrected chi connectivity index (χ2v) is 3.42. The van der Waals surface area contributed by atoms with Gasteiger partial charge in [-0.2, -0.15) is 5.10 Å². The third-order valence-electron chi connectivity index (χ3n) is 1.79. The van der Waals surface area contributed by atoms with Gasteiger partial charge in [-0.05, 0) is 6.92 Å². The van der Waals surface area contributed by atoms with Gasteiger partial charge in [-0.25, -0.2) is 5.43 Å². The average molecular weight is 206 g/mol. The van der Waals surface area contributed by atoms with Crippen LogP contribution in [0.5, 0.6) is 0 Å². The van der Waals surface area contributed by atoms with Gasteiger partial charge in [0, 0.05) is 18.3 Å². The lowest BCUT2D eigenvalue weighted by molar-refractivity contribution is -0.123. The van der Waals surface area contributed by atoms with Crippen molar-refractivity contribution in [3.05, 3.63) is 24.3 Å². The lowest BCUT2D eigenvalue weighted by Gasteiger charge is -2.03. The summed E-state index contributed by atoms with van der Waals surface area (Å²) in [4.78, 5) is 19.2. The second-order valence-electron chi connectivity index (χ2n) is 3.42. The Hall–Kier alpha value is -1.78. The molecule has 1 N–H and O–H groups in total. The minimum Gasteiger partial charge on any atom is -0.273 e. The van der Waals surface area contributed by atoms with Crippen LogP contribution in [0.15, 0.2) is 23.7 Å². The van der Waals surface area contributed by atoms with Crippen molar-refractivity contribution in [3.8, 4) is 0 Å². The van der Waals surface area contributed by atoms with Crippen molar-refractivity contribution in [1.29, 1.82) is 0 Å². The molecule has 0 saturated heterocycles. The van der Waals surface area contributed by atoms with Crippen molar-refractivity contribution >= 4 is 11.6 Å².